The van der Waals surface area contributed by atoms with Crippen LogP contribution in [-0.4, -0.2) is 36.2 Å². The first-order valence-corrected chi connectivity index (χ1v) is 8.01. The van der Waals surface area contributed by atoms with Crippen LogP contribution in [0.25, 0.3) is 0 Å². The fourth-order valence-corrected chi connectivity index (χ4v) is 3.96. The topological polar surface area (TPSA) is 23.5 Å². The van der Waals surface area contributed by atoms with Gasteiger partial charge in [-0.15, -0.1) is 0 Å². The van der Waals surface area contributed by atoms with Crippen molar-refractivity contribution >= 4 is 0 Å². The van der Waals surface area contributed by atoms with Crippen molar-refractivity contribution in [1.29, 1.82) is 0 Å². The van der Waals surface area contributed by atoms with Crippen LogP contribution in [0.1, 0.15) is 64.2 Å². The molecule has 0 aromatic carbocycles. The van der Waals surface area contributed by atoms with Gasteiger partial charge >= 0.3 is 0 Å². The van der Waals surface area contributed by atoms with Crippen LogP contribution in [-0.2, 0) is 0 Å². The van der Waals surface area contributed by atoms with Gasteiger partial charge in [0.1, 0.15) is 0 Å². The van der Waals surface area contributed by atoms with E-state index in [4.69, 9.17) is 0 Å². The molecule has 0 amide bonds. The predicted octanol–water partition coefficient (Wildman–Crippen LogP) is 3.44. The molecule has 0 bridgehead atoms. The minimum absolute atomic E-state index is 0.0174. The third kappa shape index (κ3) is 3.96. The van der Waals surface area contributed by atoms with Gasteiger partial charge in [-0.3, -0.25) is 0 Å². The van der Waals surface area contributed by atoms with Gasteiger partial charge in [-0.05, 0) is 58.0 Å². The SMILES string of the molecule is CN(C)C1CCC(C(O)CC2CCCCC2)CC1. The lowest BCUT2D eigenvalue weighted by Crippen LogP contribution is -2.36. The monoisotopic (exact) mass is 253 g/mol. The Morgan fingerprint density at radius 3 is 2.11 bits per heavy atom. The summed E-state index contributed by atoms with van der Waals surface area (Å²) in [6.45, 7) is 0. The zero-order valence-corrected chi connectivity index (χ0v) is 12.3. The van der Waals surface area contributed by atoms with Crippen LogP contribution in [0.2, 0.25) is 0 Å². The summed E-state index contributed by atoms with van der Waals surface area (Å²) in [6.07, 6.45) is 13.0. The van der Waals surface area contributed by atoms with Crippen molar-refractivity contribution in [3.8, 4) is 0 Å². The molecular formula is C16H31NO. The van der Waals surface area contributed by atoms with Gasteiger partial charge in [0.05, 0.1) is 6.10 Å². The maximum absolute atomic E-state index is 10.4. The maximum Gasteiger partial charge on any atom is 0.0571 e. The van der Waals surface area contributed by atoms with E-state index in [2.05, 4.69) is 19.0 Å². The van der Waals surface area contributed by atoms with Gasteiger partial charge in [0.25, 0.3) is 0 Å². The summed E-state index contributed by atoms with van der Waals surface area (Å²) in [7, 11) is 4.37. The van der Waals surface area contributed by atoms with Crippen molar-refractivity contribution in [2.24, 2.45) is 11.8 Å². The lowest BCUT2D eigenvalue weighted by Gasteiger charge is -2.36. The molecule has 0 radical (unpaired) electrons. The van der Waals surface area contributed by atoms with Crippen molar-refractivity contribution in [2.45, 2.75) is 76.4 Å². The zero-order chi connectivity index (χ0) is 13.0. The summed E-state index contributed by atoms with van der Waals surface area (Å²) < 4.78 is 0. The van der Waals surface area contributed by atoms with Crippen LogP contribution < -0.4 is 0 Å². The van der Waals surface area contributed by atoms with E-state index in [1.54, 1.807) is 0 Å². The highest BCUT2D eigenvalue weighted by Crippen LogP contribution is 2.34. The first-order valence-electron chi connectivity index (χ1n) is 8.01. The summed E-state index contributed by atoms with van der Waals surface area (Å²) in [4.78, 5) is 2.35. The number of hydrogen-bond acceptors (Lipinski definition) is 2. The Hall–Kier alpha value is -0.0800. The van der Waals surface area contributed by atoms with Crippen LogP contribution >= 0.6 is 0 Å². The highest BCUT2D eigenvalue weighted by molar-refractivity contribution is 4.82. The molecule has 2 nitrogen and oxygen atoms in total. The lowest BCUT2D eigenvalue weighted by atomic mass is 9.77. The van der Waals surface area contributed by atoms with Gasteiger partial charge in [-0.2, -0.15) is 0 Å². The van der Waals surface area contributed by atoms with Gasteiger partial charge < -0.3 is 10.0 Å². The smallest absolute Gasteiger partial charge is 0.0571 e. The molecule has 2 rings (SSSR count). The molecule has 1 unspecified atom stereocenters. The molecular weight excluding hydrogens is 222 g/mol. The fourth-order valence-electron chi connectivity index (χ4n) is 3.96. The quantitative estimate of drug-likeness (QED) is 0.829. The molecule has 18 heavy (non-hydrogen) atoms. The van der Waals surface area contributed by atoms with Crippen molar-refractivity contribution in [2.75, 3.05) is 14.1 Å². The van der Waals surface area contributed by atoms with Gasteiger partial charge in [-0.1, -0.05) is 32.1 Å². The average Bonchev–Trinajstić information content (AvgIpc) is 2.40. The Labute approximate surface area is 113 Å². The van der Waals surface area contributed by atoms with Crippen LogP contribution in [0.3, 0.4) is 0 Å². The first kappa shape index (κ1) is 14.3. The second kappa shape index (κ2) is 6.91. The molecule has 2 saturated carbocycles. The fraction of sp³-hybridized carbons (Fsp3) is 1.00. The van der Waals surface area contributed by atoms with Crippen molar-refractivity contribution < 1.29 is 5.11 Å². The van der Waals surface area contributed by atoms with E-state index < -0.39 is 0 Å². The van der Waals surface area contributed by atoms with Crippen LogP contribution in [0.15, 0.2) is 0 Å². The van der Waals surface area contributed by atoms with Gasteiger partial charge in [0, 0.05) is 6.04 Å². The molecule has 0 aliphatic heterocycles. The predicted molar refractivity (Wildman–Crippen MR) is 76.6 cm³/mol. The Morgan fingerprint density at radius 1 is 0.944 bits per heavy atom. The largest absolute Gasteiger partial charge is 0.393 e. The van der Waals surface area contributed by atoms with E-state index in [0.717, 1.165) is 18.4 Å². The summed E-state index contributed by atoms with van der Waals surface area (Å²) in [5.74, 6) is 1.41. The molecule has 106 valence electrons. The Balaban J connectivity index is 1.71. The number of rotatable bonds is 4. The third-order valence-electron chi connectivity index (χ3n) is 5.32. The molecule has 2 aliphatic carbocycles. The number of aliphatic hydroxyl groups is 1. The number of aliphatic hydroxyl groups excluding tert-OH is 1. The standard InChI is InChI=1S/C16H31NO/c1-17(2)15-10-8-14(9-11-15)16(18)12-13-6-4-3-5-7-13/h13-16,18H,3-12H2,1-2H3. The van der Waals surface area contributed by atoms with Crippen LogP contribution in [0.4, 0.5) is 0 Å². The molecule has 0 saturated heterocycles. The van der Waals surface area contributed by atoms with Crippen LogP contribution in [0, 0.1) is 11.8 Å². The Bertz CT molecular complexity index is 227. The van der Waals surface area contributed by atoms with E-state index in [1.807, 2.05) is 0 Å². The molecule has 2 aliphatic rings. The number of nitrogens with zero attached hydrogens (tertiary/aromatic N) is 1. The normalized spacial score (nSPS) is 32.7. The Morgan fingerprint density at radius 2 is 1.56 bits per heavy atom. The van der Waals surface area contributed by atoms with Crippen molar-refractivity contribution in [1.82, 2.24) is 4.90 Å². The third-order valence-corrected chi connectivity index (χ3v) is 5.32. The second-order valence-corrected chi connectivity index (χ2v) is 6.84. The molecule has 0 aromatic heterocycles. The van der Waals surface area contributed by atoms with Gasteiger partial charge in [0.15, 0.2) is 0 Å². The summed E-state index contributed by atoms with van der Waals surface area (Å²) >= 11 is 0. The van der Waals surface area contributed by atoms with E-state index in [9.17, 15) is 5.11 Å². The molecule has 2 fully saturated rings. The zero-order valence-electron chi connectivity index (χ0n) is 12.3. The van der Waals surface area contributed by atoms with E-state index in [1.165, 1.54) is 57.8 Å². The number of hydrogen-bond donors (Lipinski definition) is 1. The minimum Gasteiger partial charge on any atom is -0.393 e. The highest BCUT2D eigenvalue weighted by atomic mass is 16.3. The van der Waals surface area contributed by atoms with Crippen molar-refractivity contribution in [3.63, 3.8) is 0 Å². The van der Waals surface area contributed by atoms with Crippen LogP contribution in [0.5, 0.6) is 0 Å². The highest BCUT2D eigenvalue weighted by Gasteiger charge is 2.29. The maximum atomic E-state index is 10.4. The minimum atomic E-state index is -0.0174. The summed E-state index contributed by atoms with van der Waals surface area (Å²) in [5.41, 5.74) is 0. The summed E-state index contributed by atoms with van der Waals surface area (Å²) in [6, 6.07) is 0.753. The molecule has 1 atom stereocenters. The van der Waals surface area contributed by atoms with Gasteiger partial charge in [-0.25, -0.2) is 0 Å². The molecule has 0 heterocycles. The van der Waals surface area contributed by atoms with E-state index >= 15 is 0 Å². The second-order valence-electron chi connectivity index (χ2n) is 6.84. The van der Waals surface area contributed by atoms with Crippen molar-refractivity contribution in [3.05, 3.63) is 0 Å². The molecule has 1 N–H and O–H groups in total. The summed E-state index contributed by atoms with van der Waals surface area (Å²) in [5, 5.41) is 10.4. The molecule has 0 spiro atoms. The lowest BCUT2D eigenvalue weighted by molar-refractivity contribution is 0.0428. The van der Waals surface area contributed by atoms with E-state index in [0.29, 0.717) is 5.92 Å². The molecule has 0 aromatic rings. The van der Waals surface area contributed by atoms with Gasteiger partial charge in [0.2, 0.25) is 0 Å². The molecule has 2 heteroatoms. The average molecular weight is 253 g/mol. The van der Waals surface area contributed by atoms with E-state index in [-0.39, 0.29) is 6.10 Å². The Kier molecular flexibility index (Phi) is 5.50. The first-order chi connectivity index (χ1) is 8.66.